The molecule has 98 valence electrons. The summed E-state index contributed by atoms with van der Waals surface area (Å²) < 4.78 is 0. The van der Waals surface area contributed by atoms with Crippen LogP contribution in [0.3, 0.4) is 0 Å². The zero-order valence-electron chi connectivity index (χ0n) is 11.4. The van der Waals surface area contributed by atoms with Crippen LogP contribution in [0.4, 0.5) is 0 Å². The molecule has 1 amide bonds. The molecule has 3 nitrogen and oxygen atoms in total. The molecule has 1 aromatic rings. The lowest BCUT2D eigenvalue weighted by atomic mass is 9.82. The Morgan fingerprint density at radius 1 is 1.39 bits per heavy atom. The van der Waals surface area contributed by atoms with Gasteiger partial charge in [-0.2, -0.15) is 0 Å². The van der Waals surface area contributed by atoms with Crippen molar-refractivity contribution in [1.29, 1.82) is 0 Å². The summed E-state index contributed by atoms with van der Waals surface area (Å²) in [4.78, 5) is 11.8. The maximum Gasteiger partial charge on any atom is 0.225 e. The number of aryl methyl sites for hydroxylation is 1. The van der Waals surface area contributed by atoms with E-state index >= 15 is 0 Å². The molecule has 0 bridgehead atoms. The van der Waals surface area contributed by atoms with Crippen LogP contribution in [0.15, 0.2) is 24.3 Å². The van der Waals surface area contributed by atoms with Crippen molar-refractivity contribution in [2.24, 2.45) is 5.92 Å². The van der Waals surface area contributed by atoms with E-state index < -0.39 is 0 Å². The average Bonchev–Trinajstić information content (AvgIpc) is 2.24. The summed E-state index contributed by atoms with van der Waals surface area (Å²) in [7, 11) is 0. The number of carbonyl (C=O) groups excluding carboxylic acids is 1. The number of hydrogen-bond donors (Lipinski definition) is 2. The Kier molecular flexibility index (Phi) is 3.71. The first-order valence-electron chi connectivity index (χ1n) is 6.55. The predicted molar refractivity (Wildman–Crippen MR) is 73.6 cm³/mol. The maximum atomic E-state index is 11.8. The highest BCUT2D eigenvalue weighted by atomic mass is 16.2. The van der Waals surface area contributed by atoms with Crippen molar-refractivity contribution in [3.05, 3.63) is 35.4 Å². The topological polar surface area (TPSA) is 41.1 Å². The normalized spacial score (nSPS) is 16.2. The van der Waals surface area contributed by atoms with Gasteiger partial charge in [-0.25, -0.2) is 0 Å². The molecule has 1 aliphatic rings. The van der Waals surface area contributed by atoms with Crippen molar-refractivity contribution >= 4 is 5.91 Å². The molecule has 1 aliphatic heterocycles. The van der Waals surface area contributed by atoms with Gasteiger partial charge in [0.1, 0.15) is 0 Å². The van der Waals surface area contributed by atoms with E-state index in [0.717, 1.165) is 13.1 Å². The summed E-state index contributed by atoms with van der Waals surface area (Å²) in [5.74, 6) is 0.341. The summed E-state index contributed by atoms with van der Waals surface area (Å²) in [5, 5.41) is 6.19. The van der Waals surface area contributed by atoms with Crippen molar-refractivity contribution < 1.29 is 4.79 Å². The zero-order valence-corrected chi connectivity index (χ0v) is 11.4. The maximum absolute atomic E-state index is 11.8. The Balaban J connectivity index is 1.98. The Morgan fingerprint density at radius 3 is 2.61 bits per heavy atom. The molecule has 0 unspecified atom stereocenters. The molecule has 1 saturated heterocycles. The summed E-state index contributed by atoms with van der Waals surface area (Å²) in [6.07, 6.45) is 0. The zero-order chi connectivity index (χ0) is 13.2. The van der Waals surface area contributed by atoms with E-state index in [1.54, 1.807) is 0 Å². The molecule has 1 heterocycles. The third kappa shape index (κ3) is 2.72. The van der Waals surface area contributed by atoms with Gasteiger partial charge in [0.2, 0.25) is 5.91 Å². The van der Waals surface area contributed by atoms with Gasteiger partial charge < -0.3 is 10.6 Å². The van der Waals surface area contributed by atoms with Gasteiger partial charge in [-0.15, -0.1) is 0 Å². The van der Waals surface area contributed by atoms with Crippen LogP contribution < -0.4 is 10.6 Å². The van der Waals surface area contributed by atoms with E-state index in [2.05, 4.69) is 49.6 Å². The van der Waals surface area contributed by atoms with E-state index in [0.29, 0.717) is 6.54 Å². The van der Waals surface area contributed by atoms with Gasteiger partial charge in [-0.1, -0.05) is 38.1 Å². The lowest BCUT2D eigenvalue weighted by Gasteiger charge is -2.30. The summed E-state index contributed by atoms with van der Waals surface area (Å²) >= 11 is 0. The molecule has 0 spiro atoms. The molecule has 0 aliphatic carbocycles. The molecule has 2 rings (SSSR count). The van der Waals surface area contributed by atoms with Crippen molar-refractivity contribution in [2.75, 3.05) is 19.6 Å². The summed E-state index contributed by atoms with van der Waals surface area (Å²) in [6, 6.07) is 8.37. The van der Waals surface area contributed by atoms with E-state index in [4.69, 9.17) is 0 Å². The van der Waals surface area contributed by atoms with E-state index in [9.17, 15) is 4.79 Å². The van der Waals surface area contributed by atoms with E-state index in [1.807, 2.05) is 6.07 Å². The Hall–Kier alpha value is -1.35. The van der Waals surface area contributed by atoms with Crippen LogP contribution in [0.25, 0.3) is 0 Å². The van der Waals surface area contributed by atoms with Crippen LogP contribution in [0.2, 0.25) is 0 Å². The second kappa shape index (κ2) is 5.11. The second-order valence-corrected chi connectivity index (χ2v) is 5.77. The molecule has 1 fully saturated rings. The monoisotopic (exact) mass is 246 g/mol. The fourth-order valence-electron chi connectivity index (χ4n) is 2.35. The molecule has 0 atom stereocenters. The SMILES string of the molecule is Cc1ccccc1C(C)(C)CNC(=O)C1CNC1. The first kappa shape index (κ1) is 13.1. The molecule has 0 radical (unpaired) electrons. The Bertz CT molecular complexity index is 436. The largest absolute Gasteiger partial charge is 0.355 e. The van der Waals surface area contributed by atoms with Crippen molar-refractivity contribution in [3.63, 3.8) is 0 Å². The van der Waals surface area contributed by atoms with Crippen molar-refractivity contribution in [2.45, 2.75) is 26.2 Å². The fraction of sp³-hybridized carbons (Fsp3) is 0.533. The number of amides is 1. The van der Waals surface area contributed by atoms with Gasteiger partial charge in [-0.3, -0.25) is 4.79 Å². The number of carbonyl (C=O) groups is 1. The molecule has 0 aromatic heterocycles. The van der Waals surface area contributed by atoms with Gasteiger partial charge in [0.25, 0.3) is 0 Å². The first-order chi connectivity index (χ1) is 8.50. The molecule has 1 aromatic carbocycles. The minimum absolute atomic E-state index is 0.0296. The molecule has 0 saturated carbocycles. The average molecular weight is 246 g/mol. The quantitative estimate of drug-likeness (QED) is 0.847. The lowest BCUT2D eigenvalue weighted by molar-refractivity contribution is -0.126. The van der Waals surface area contributed by atoms with Crippen LogP contribution >= 0.6 is 0 Å². The van der Waals surface area contributed by atoms with Gasteiger partial charge in [0, 0.05) is 25.0 Å². The highest BCUT2D eigenvalue weighted by molar-refractivity contribution is 5.80. The van der Waals surface area contributed by atoms with Crippen LogP contribution in [0.5, 0.6) is 0 Å². The van der Waals surface area contributed by atoms with Crippen LogP contribution in [-0.2, 0) is 10.2 Å². The van der Waals surface area contributed by atoms with Crippen LogP contribution in [0.1, 0.15) is 25.0 Å². The van der Waals surface area contributed by atoms with E-state index in [1.165, 1.54) is 11.1 Å². The third-order valence-electron chi connectivity index (χ3n) is 3.73. The van der Waals surface area contributed by atoms with Gasteiger partial charge in [0.05, 0.1) is 5.92 Å². The molecule has 2 N–H and O–H groups in total. The van der Waals surface area contributed by atoms with Crippen molar-refractivity contribution in [3.8, 4) is 0 Å². The van der Waals surface area contributed by atoms with Gasteiger partial charge in [0.15, 0.2) is 0 Å². The Morgan fingerprint density at radius 2 is 2.06 bits per heavy atom. The summed E-state index contributed by atoms with van der Waals surface area (Å²) in [5.41, 5.74) is 2.55. The standard InChI is InChI=1S/C15H22N2O/c1-11-6-4-5-7-13(11)15(2,3)10-17-14(18)12-8-16-9-12/h4-7,12,16H,8-10H2,1-3H3,(H,17,18). The van der Waals surface area contributed by atoms with Gasteiger partial charge in [-0.05, 0) is 18.1 Å². The van der Waals surface area contributed by atoms with Gasteiger partial charge >= 0.3 is 0 Å². The number of nitrogens with one attached hydrogen (secondary N) is 2. The molecule has 18 heavy (non-hydrogen) atoms. The minimum atomic E-state index is -0.0296. The molecular formula is C15H22N2O. The highest BCUT2D eigenvalue weighted by Gasteiger charge is 2.28. The summed E-state index contributed by atoms with van der Waals surface area (Å²) in [6.45, 7) is 8.79. The molecule has 3 heteroatoms. The lowest BCUT2D eigenvalue weighted by Crippen LogP contribution is -2.52. The second-order valence-electron chi connectivity index (χ2n) is 5.77. The smallest absolute Gasteiger partial charge is 0.225 e. The van der Waals surface area contributed by atoms with E-state index in [-0.39, 0.29) is 17.2 Å². The number of benzene rings is 1. The van der Waals surface area contributed by atoms with Crippen LogP contribution in [-0.4, -0.2) is 25.5 Å². The molecular weight excluding hydrogens is 224 g/mol. The highest BCUT2D eigenvalue weighted by Crippen LogP contribution is 2.25. The predicted octanol–water partition coefficient (Wildman–Crippen LogP) is 1.61. The number of hydrogen-bond acceptors (Lipinski definition) is 2. The van der Waals surface area contributed by atoms with Crippen molar-refractivity contribution in [1.82, 2.24) is 10.6 Å². The third-order valence-corrected chi connectivity index (χ3v) is 3.73. The van der Waals surface area contributed by atoms with Crippen LogP contribution in [0, 0.1) is 12.8 Å². The fourth-order valence-corrected chi connectivity index (χ4v) is 2.35. The number of rotatable bonds is 4. The minimum Gasteiger partial charge on any atom is -0.355 e. The first-order valence-corrected chi connectivity index (χ1v) is 6.55. The Labute approximate surface area is 109 Å².